The third-order valence-electron chi connectivity index (χ3n) is 5.40. The molecule has 4 aromatic heterocycles. The first-order valence-corrected chi connectivity index (χ1v) is 9.58. The Hall–Kier alpha value is -3.20. The SMILES string of the molecule is [2H]C([2H])([2H])O[C@H]1CC[C@@H](Nc2nc(OC)c3c(-c4ccc5nccn5n4)c[nH]c3n2)CC1. The Morgan fingerprint density at radius 3 is 2.97 bits per heavy atom. The van der Waals surface area contributed by atoms with E-state index in [0.29, 0.717) is 30.3 Å². The second-order valence-electron chi connectivity index (χ2n) is 7.17. The summed E-state index contributed by atoms with van der Waals surface area (Å²) in [7, 11) is -0.777. The molecule has 1 aliphatic rings. The summed E-state index contributed by atoms with van der Waals surface area (Å²) in [5.74, 6) is 0.904. The molecule has 0 unspecified atom stereocenters. The molecule has 0 amide bonds. The van der Waals surface area contributed by atoms with Crippen LogP contribution in [0, 0.1) is 0 Å². The molecule has 1 fully saturated rings. The molecule has 4 heterocycles. The lowest BCUT2D eigenvalue weighted by Crippen LogP contribution is -2.29. The van der Waals surface area contributed by atoms with Crippen LogP contribution in [0.1, 0.15) is 29.8 Å². The highest BCUT2D eigenvalue weighted by molar-refractivity contribution is 5.96. The number of imidazole rings is 1. The van der Waals surface area contributed by atoms with E-state index < -0.39 is 7.04 Å². The summed E-state index contributed by atoms with van der Waals surface area (Å²) >= 11 is 0. The molecule has 1 aliphatic carbocycles. The Bertz CT molecular complexity index is 1250. The van der Waals surface area contributed by atoms with Crippen molar-refractivity contribution >= 4 is 22.6 Å². The summed E-state index contributed by atoms with van der Waals surface area (Å²) in [5.41, 5.74) is 2.99. The zero-order valence-electron chi connectivity index (χ0n) is 18.9. The first kappa shape index (κ1) is 14.7. The maximum Gasteiger partial charge on any atom is 0.228 e. The van der Waals surface area contributed by atoms with Crippen LogP contribution in [0.5, 0.6) is 5.88 Å². The van der Waals surface area contributed by atoms with Crippen LogP contribution in [0.3, 0.4) is 0 Å². The lowest BCUT2D eigenvalue weighted by atomic mass is 9.93. The second-order valence-corrected chi connectivity index (χ2v) is 7.17. The Balaban J connectivity index is 1.37. The minimum Gasteiger partial charge on any atom is -0.480 e. The van der Waals surface area contributed by atoms with Gasteiger partial charge in [0.15, 0.2) is 5.65 Å². The number of fused-ring (bicyclic) bond motifs is 2. The second kappa shape index (κ2) is 7.32. The minimum absolute atomic E-state index is 0.133. The zero-order chi connectivity index (χ0) is 22.3. The van der Waals surface area contributed by atoms with E-state index in [1.165, 1.54) is 0 Å². The summed E-state index contributed by atoms with van der Waals surface area (Å²) in [6.45, 7) is 0. The molecule has 29 heavy (non-hydrogen) atoms. The van der Waals surface area contributed by atoms with Crippen molar-refractivity contribution in [1.29, 1.82) is 0 Å². The van der Waals surface area contributed by atoms with Crippen molar-refractivity contribution in [2.45, 2.75) is 37.8 Å². The topological polar surface area (TPSA) is 102 Å². The van der Waals surface area contributed by atoms with Crippen LogP contribution in [0.15, 0.2) is 30.7 Å². The van der Waals surface area contributed by atoms with Crippen molar-refractivity contribution in [3.05, 3.63) is 30.7 Å². The predicted octanol–water partition coefficient (Wildman–Crippen LogP) is 3.05. The quantitative estimate of drug-likeness (QED) is 0.534. The van der Waals surface area contributed by atoms with Gasteiger partial charge in [-0.15, -0.1) is 0 Å². The van der Waals surface area contributed by atoms with Gasteiger partial charge in [-0.2, -0.15) is 15.1 Å². The number of nitrogens with one attached hydrogen (secondary N) is 2. The molecular weight excluding hydrogens is 370 g/mol. The molecule has 0 atom stereocenters. The van der Waals surface area contributed by atoms with Gasteiger partial charge in [-0.1, -0.05) is 0 Å². The van der Waals surface area contributed by atoms with Crippen molar-refractivity contribution in [3.8, 4) is 17.1 Å². The smallest absolute Gasteiger partial charge is 0.228 e. The van der Waals surface area contributed by atoms with E-state index >= 15 is 0 Å². The van der Waals surface area contributed by atoms with Crippen molar-refractivity contribution in [1.82, 2.24) is 29.5 Å². The normalized spacial score (nSPS) is 21.6. The lowest BCUT2D eigenvalue weighted by molar-refractivity contribution is 0.0681. The first-order valence-electron chi connectivity index (χ1n) is 11.1. The lowest BCUT2D eigenvalue weighted by Gasteiger charge is -2.28. The summed E-state index contributed by atoms with van der Waals surface area (Å²) in [4.78, 5) is 16.6. The molecule has 0 radical (unpaired) electrons. The number of rotatable bonds is 5. The van der Waals surface area contributed by atoms with Gasteiger partial charge in [-0.3, -0.25) is 0 Å². The number of aromatic amines is 1. The zero-order valence-corrected chi connectivity index (χ0v) is 15.9. The van der Waals surface area contributed by atoms with Crippen molar-refractivity contribution in [2.75, 3.05) is 19.5 Å². The van der Waals surface area contributed by atoms with Crippen LogP contribution in [-0.4, -0.2) is 55.8 Å². The number of aromatic nitrogens is 6. The van der Waals surface area contributed by atoms with E-state index in [9.17, 15) is 0 Å². The van der Waals surface area contributed by atoms with Gasteiger partial charge in [0, 0.05) is 37.2 Å². The number of H-pyrrole nitrogens is 1. The molecule has 0 aromatic carbocycles. The number of methoxy groups -OCH3 is 2. The third kappa shape index (κ3) is 3.27. The van der Waals surface area contributed by atoms with E-state index in [2.05, 4.69) is 30.4 Å². The monoisotopic (exact) mass is 396 g/mol. The minimum atomic E-state index is -2.35. The molecule has 0 aliphatic heterocycles. The van der Waals surface area contributed by atoms with E-state index in [4.69, 9.17) is 13.6 Å². The van der Waals surface area contributed by atoms with E-state index in [-0.39, 0.29) is 12.1 Å². The Kier molecular flexibility index (Phi) is 3.72. The standard InChI is InChI=1S/C20H23N7O2/c1-28-13-5-3-12(4-6-13)23-20-24-18-17(19(25-20)29-2)14(11-22-18)15-7-8-16-21-9-10-27(16)26-15/h7-13H,3-6H2,1-2H3,(H2,22,23,24,25)/t12-,13+/i1D3. The molecule has 5 rings (SSSR count). The maximum atomic E-state index is 7.26. The van der Waals surface area contributed by atoms with E-state index in [0.717, 1.165) is 35.1 Å². The number of nitrogens with zero attached hydrogens (tertiary/aromatic N) is 5. The van der Waals surface area contributed by atoms with Gasteiger partial charge in [0.1, 0.15) is 5.65 Å². The van der Waals surface area contributed by atoms with E-state index in [1.54, 1.807) is 24.0 Å². The van der Waals surface area contributed by atoms with Crippen LogP contribution >= 0.6 is 0 Å². The largest absolute Gasteiger partial charge is 0.480 e. The van der Waals surface area contributed by atoms with Gasteiger partial charge in [-0.05, 0) is 37.8 Å². The van der Waals surface area contributed by atoms with E-state index in [1.807, 2.05) is 18.3 Å². The average molecular weight is 396 g/mol. The number of ether oxygens (including phenoxy) is 2. The molecule has 0 spiro atoms. The fraction of sp³-hybridized carbons (Fsp3) is 0.400. The van der Waals surface area contributed by atoms with Crippen LogP contribution in [0.25, 0.3) is 27.9 Å². The first-order chi connectivity index (χ1) is 15.4. The fourth-order valence-electron chi connectivity index (χ4n) is 3.88. The summed E-state index contributed by atoms with van der Waals surface area (Å²) in [5, 5.41) is 8.71. The van der Waals surface area contributed by atoms with Crippen molar-refractivity contribution in [2.24, 2.45) is 0 Å². The number of hydrogen-bond donors (Lipinski definition) is 2. The van der Waals surface area contributed by atoms with Gasteiger partial charge in [0.25, 0.3) is 0 Å². The molecule has 0 bridgehead atoms. The molecule has 1 saturated carbocycles. The maximum absolute atomic E-state index is 7.26. The summed E-state index contributed by atoms with van der Waals surface area (Å²) < 4.78 is 34.2. The molecule has 9 heteroatoms. The van der Waals surface area contributed by atoms with Crippen LogP contribution in [0.4, 0.5) is 5.95 Å². The predicted molar refractivity (Wildman–Crippen MR) is 109 cm³/mol. The Morgan fingerprint density at radius 1 is 1.24 bits per heavy atom. The van der Waals surface area contributed by atoms with Crippen molar-refractivity contribution in [3.63, 3.8) is 0 Å². The number of hydrogen-bond acceptors (Lipinski definition) is 7. The number of anilines is 1. The molecule has 0 saturated heterocycles. The van der Waals surface area contributed by atoms with Crippen LogP contribution < -0.4 is 10.1 Å². The Morgan fingerprint density at radius 2 is 2.14 bits per heavy atom. The van der Waals surface area contributed by atoms with Gasteiger partial charge >= 0.3 is 0 Å². The highest BCUT2D eigenvalue weighted by Crippen LogP contribution is 2.34. The molecule has 4 aromatic rings. The molecule has 2 N–H and O–H groups in total. The van der Waals surface area contributed by atoms with Gasteiger partial charge in [-0.25, -0.2) is 9.50 Å². The molecule has 150 valence electrons. The molecule has 9 nitrogen and oxygen atoms in total. The summed E-state index contributed by atoms with van der Waals surface area (Å²) in [6.07, 6.45) is 7.98. The molecular formula is C20H23N7O2. The fourth-order valence-corrected chi connectivity index (χ4v) is 3.88. The van der Waals surface area contributed by atoms with Crippen LogP contribution in [0.2, 0.25) is 0 Å². The van der Waals surface area contributed by atoms with Crippen LogP contribution in [-0.2, 0) is 4.74 Å². The third-order valence-corrected chi connectivity index (χ3v) is 5.40. The van der Waals surface area contributed by atoms with Crippen molar-refractivity contribution < 1.29 is 13.6 Å². The average Bonchev–Trinajstić information content (AvgIpc) is 3.40. The summed E-state index contributed by atoms with van der Waals surface area (Å²) in [6, 6.07) is 3.93. The Labute approximate surface area is 171 Å². The van der Waals surface area contributed by atoms with Gasteiger partial charge in [0.05, 0.1) is 28.4 Å². The highest BCUT2D eigenvalue weighted by Gasteiger charge is 2.23. The van der Waals surface area contributed by atoms with Gasteiger partial charge < -0.3 is 19.8 Å². The highest BCUT2D eigenvalue weighted by atomic mass is 16.5. The van der Waals surface area contributed by atoms with Gasteiger partial charge in [0.2, 0.25) is 11.8 Å².